The second-order valence-corrected chi connectivity index (χ2v) is 5.87. The summed E-state index contributed by atoms with van der Waals surface area (Å²) in [5.74, 6) is -0.0739. The van der Waals surface area contributed by atoms with Crippen LogP contribution in [0.3, 0.4) is 0 Å². The third-order valence-corrected chi connectivity index (χ3v) is 4.22. The van der Waals surface area contributed by atoms with Gasteiger partial charge in [-0.15, -0.1) is 10.2 Å². The van der Waals surface area contributed by atoms with Crippen molar-refractivity contribution in [3.05, 3.63) is 59.7 Å². The number of para-hydroxylation sites is 1. The fourth-order valence-corrected chi connectivity index (χ4v) is 2.84. The van der Waals surface area contributed by atoms with E-state index in [9.17, 15) is 4.79 Å². The fraction of sp³-hybridized carbons (Fsp3) is 0.105. The zero-order valence-corrected chi connectivity index (χ0v) is 14.7. The minimum Gasteiger partial charge on any atom is -0.465 e. The number of aromatic nitrogens is 4. The maximum Gasteiger partial charge on any atom is 0.337 e. The smallest absolute Gasteiger partial charge is 0.337 e. The molecule has 0 amide bonds. The molecule has 134 valence electrons. The zero-order chi connectivity index (χ0) is 18.8. The van der Waals surface area contributed by atoms with Crippen molar-refractivity contribution < 1.29 is 9.53 Å². The van der Waals surface area contributed by atoms with E-state index in [1.165, 1.54) is 7.11 Å². The molecule has 8 nitrogen and oxygen atoms in total. The molecule has 0 spiro atoms. The summed E-state index contributed by atoms with van der Waals surface area (Å²) < 4.78 is 6.64. The van der Waals surface area contributed by atoms with Gasteiger partial charge in [0.1, 0.15) is 5.52 Å². The average molecular weight is 360 g/mol. The number of hydrogen-bond acceptors (Lipinski definition) is 7. The minimum absolute atomic E-state index is 0.302. The van der Waals surface area contributed by atoms with E-state index in [0.29, 0.717) is 11.5 Å². The highest BCUT2D eigenvalue weighted by Gasteiger charge is 2.11. The zero-order valence-electron chi connectivity index (χ0n) is 14.7. The molecule has 0 fully saturated rings. The Kier molecular flexibility index (Phi) is 4.21. The Hall–Kier alpha value is -3.81. The number of methoxy groups -OCH3 is 1. The molecule has 0 aliphatic heterocycles. The highest BCUT2D eigenvalue weighted by Crippen LogP contribution is 2.24. The number of fused-ring (bicyclic) bond motifs is 3. The number of nitrogens with one attached hydrogen (secondary N) is 1. The first-order chi connectivity index (χ1) is 13.2. The molecule has 4 rings (SSSR count). The third-order valence-electron chi connectivity index (χ3n) is 4.22. The second-order valence-electron chi connectivity index (χ2n) is 5.87. The van der Waals surface area contributed by atoms with Crippen LogP contribution in [0.2, 0.25) is 0 Å². The van der Waals surface area contributed by atoms with E-state index in [1.807, 2.05) is 35.9 Å². The minimum atomic E-state index is -0.376. The molecule has 0 radical (unpaired) electrons. The van der Waals surface area contributed by atoms with Crippen LogP contribution in [0.1, 0.15) is 15.9 Å². The van der Waals surface area contributed by atoms with Gasteiger partial charge in [-0.3, -0.25) is 0 Å². The van der Waals surface area contributed by atoms with Crippen molar-refractivity contribution >= 4 is 40.2 Å². The van der Waals surface area contributed by atoms with Crippen molar-refractivity contribution in [2.24, 2.45) is 12.1 Å². The second kappa shape index (κ2) is 6.83. The van der Waals surface area contributed by atoms with Gasteiger partial charge in [0.2, 0.25) is 0 Å². The van der Waals surface area contributed by atoms with Crippen molar-refractivity contribution in [3.8, 4) is 0 Å². The molecule has 0 aliphatic carbocycles. The van der Waals surface area contributed by atoms with Crippen LogP contribution < -0.4 is 5.43 Å². The Morgan fingerprint density at radius 1 is 1.15 bits per heavy atom. The van der Waals surface area contributed by atoms with Gasteiger partial charge in [0.25, 0.3) is 5.95 Å². The predicted molar refractivity (Wildman–Crippen MR) is 103 cm³/mol. The lowest BCUT2D eigenvalue weighted by Crippen LogP contribution is -2.02. The number of hydrazone groups is 1. The highest BCUT2D eigenvalue weighted by molar-refractivity contribution is 6.04. The van der Waals surface area contributed by atoms with Crippen LogP contribution in [0.15, 0.2) is 53.6 Å². The largest absolute Gasteiger partial charge is 0.465 e. The van der Waals surface area contributed by atoms with Crippen LogP contribution in [0.5, 0.6) is 0 Å². The number of carbonyl (C=O) groups is 1. The van der Waals surface area contributed by atoms with Crippen molar-refractivity contribution in [2.45, 2.75) is 0 Å². The maximum atomic E-state index is 11.4. The Bertz CT molecular complexity index is 1160. The van der Waals surface area contributed by atoms with Gasteiger partial charge in [0.15, 0.2) is 5.65 Å². The summed E-state index contributed by atoms with van der Waals surface area (Å²) in [6, 6.07) is 14.8. The van der Waals surface area contributed by atoms with Gasteiger partial charge in [-0.1, -0.05) is 30.3 Å². The van der Waals surface area contributed by atoms with Crippen molar-refractivity contribution in [1.82, 2.24) is 19.7 Å². The Balaban J connectivity index is 1.55. The highest BCUT2D eigenvalue weighted by atomic mass is 16.5. The van der Waals surface area contributed by atoms with Gasteiger partial charge in [0, 0.05) is 12.4 Å². The number of aryl methyl sites for hydroxylation is 1. The molecule has 27 heavy (non-hydrogen) atoms. The third kappa shape index (κ3) is 3.08. The molecule has 0 aliphatic rings. The van der Waals surface area contributed by atoms with E-state index in [4.69, 9.17) is 0 Å². The van der Waals surface area contributed by atoms with E-state index in [-0.39, 0.29) is 5.97 Å². The van der Waals surface area contributed by atoms with Crippen molar-refractivity contribution in [2.75, 3.05) is 12.5 Å². The van der Waals surface area contributed by atoms with Crippen molar-refractivity contribution in [1.29, 1.82) is 0 Å². The van der Waals surface area contributed by atoms with Gasteiger partial charge < -0.3 is 9.30 Å². The fourth-order valence-electron chi connectivity index (χ4n) is 2.84. The van der Waals surface area contributed by atoms with E-state index >= 15 is 0 Å². The van der Waals surface area contributed by atoms with Crippen LogP contribution in [-0.4, -0.2) is 39.0 Å². The van der Waals surface area contributed by atoms with Gasteiger partial charge in [-0.05, 0) is 23.8 Å². The molecule has 0 bridgehead atoms. The number of rotatable bonds is 4. The molecule has 8 heteroatoms. The summed E-state index contributed by atoms with van der Waals surface area (Å²) in [6.07, 6.45) is 1.61. The summed E-state index contributed by atoms with van der Waals surface area (Å²) in [5.41, 5.74) is 6.60. The number of carbonyl (C=O) groups excluding carboxylic acids is 1. The molecule has 4 aromatic rings. The quantitative estimate of drug-likeness (QED) is 0.342. The summed E-state index contributed by atoms with van der Waals surface area (Å²) in [4.78, 5) is 15.9. The lowest BCUT2D eigenvalue weighted by Gasteiger charge is -2.00. The van der Waals surface area contributed by atoms with Gasteiger partial charge in [-0.2, -0.15) is 10.1 Å². The topological polar surface area (TPSA) is 94.3 Å². The normalized spacial score (nSPS) is 11.3. The van der Waals surface area contributed by atoms with Gasteiger partial charge in [-0.25, -0.2) is 10.2 Å². The monoisotopic (exact) mass is 360 g/mol. The lowest BCUT2D eigenvalue weighted by molar-refractivity contribution is 0.0600. The van der Waals surface area contributed by atoms with Crippen molar-refractivity contribution in [3.63, 3.8) is 0 Å². The maximum absolute atomic E-state index is 11.4. The first-order valence-electron chi connectivity index (χ1n) is 8.22. The van der Waals surface area contributed by atoms with E-state index in [0.717, 1.165) is 27.6 Å². The lowest BCUT2D eigenvalue weighted by atomic mass is 10.1. The summed E-state index contributed by atoms with van der Waals surface area (Å²) >= 11 is 0. The van der Waals surface area contributed by atoms with E-state index < -0.39 is 0 Å². The standard InChI is InChI=1S/C19H16N6O2/c1-25-15-6-4-3-5-14(15)16-17(25)21-19(24-22-16)23-20-11-12-7-9-13(10-8-12)18(26)27-2/h3-11H,1-2H3,(H,21,23,24)/b20-11+. The summed E-state index contributed by atoms with van der Waals surface area (Å²) in [5, 5.41) is 13.5. The SMILES string of the molecule is COC(=O)c1ccc(/C=N/Nc2nnc3c4ccccc4n(C)c3n2)cc1. The molecular formula is C19H16N6O2. The van der Waals surface area contributed by atoms with E-state index in [2.05, 4.69) is 30.4 Å². The molecule has 0 unspecified atom stereocenters. The molecule has 0 saturated heterocycles. The van der Waals surface area contributed by atoms with Gasteiger partial charge >= 0.3 is 5.97 Å². The van der Waals surface area contributed by atoms with Crippen LogP contribution in [-0.2, 0) is 11.8 Å². The molecular weight excluding hydrogens is 344 g/mol. The number of esters is 1. The average Bonchev–Trinajstić information content (AvgIpc) is 3.00. The summed E-state index contributed by atoms with van der Waals surface area (Å²) in [6.45, 7) is 0. The number of ether oxygens (including phenoxy) is 1. The molecule has 1 N–H and O–H groups in total. The van der Waals surface area contributed by atoms with Crippen LogP contribution >= 0.6 is 0 Å². The Morgan fingerprint density at radius 2 is 1.93 bits per heavy atom. The molecule has 2 aromatic carbocycles. The predicted octanol–water partition coefficient (Wildman–Crippen LogP) is 2.75. The van der Waals surface area contributed by atoms with Crippen LogP contribution in [0, 0.1) is 0 Å². The molecule has 2 heterocycles. The summed E-state index contributed by atoms with van der Waals surface area (Å²) in [7, 11) is 3.29. The first-order valence-corrected chi connectivity index (χ1v) is 8.22. The van der Waals surface area contributed by atoms with Crippen LogP contribution in [0.4, 0.5) is 5.95 Å². The number of anilines is 1. The number of nitrogens with zero attached hydrogens (tertiary/aromatic N) is 5. The molecule has 0 atom stereocenters. The Morgan fingerprint density at radius 3 is 2.70 bits per heavy atom. The number of benzene rings is 2. The molecule has 2 aromatic heterocycles. The Labute approximate surface area is 154 Å². The molecule has 0 saturated carbocycles. The first kappa shape index (κ1) is 16.6. The number of hydrogen-bond donors (Lipinski definition) is 1. The van der Waals surface area contributed by atoms with Gasteiger partial charge in [0.05, 0.1) is 24.4 Å². The van der Waals surface area contributed by atoms with E-state index in [1.54, 1.807) is 30.5 Å². The van der Waals surface area contributed by atoms with Crippen LogP contribution in [0.25, 0.3) is 22.1 Å².